The minimum absolute atomic E-state index is 0.0466. The van der Waals surface area contributed by atoms with E-state index in [0.29, 0.717) is 28.7 Å². The molecule has 3 aromatic rings. The number of carbonyl (C=O) groups excluding carboxylic acids is 4. The molecular weight excluding hydrogens is 530 g/mol. The molecule has 4 aliphatic rings. The molecule has 1 heterocycles. The van der Waals surface area contributed by atoms with Crippen LogP contribution >= 0.6 is 0 Å². The Labute approximate surface area is 242 Å². The highest BCUT2D eigenvalue weighted by atomic mass is 16.5. The number of amides is 2. The minimum Gasteiger partial charge on any atom is -0.504 e. The minimum atomic E-state index is -1.31. The highest BCUT2D eigenvalue weighted by Crippen LogP contribution is 2.63. The molecule has 2 fully saturated rings. The van der Waals surface area contributed by atoms with Crippen molar-refractivity contribution in [1.82, 2.24) is 5.32 Å². The SMILES string of the molecule is COc1cc([C@H]2C3=CC[C@@H]4C(=O)NC(=O)[C@@H]4[C@@H]3C[C@H]3C(=O)C(c4ccccc4)=CC(=O)[C@@]23c2ccccc2)ccc1O. The van der Waals surface area contributed by atoms with Gasteiger partial charge in [0.25, 0.3) is 0 Å². The number of phenols is 1. The van der Waals surface area contributed by atoms with E-state index in [1.165, 1.54) is 19.3 Å². The van der Waals surface area contributed by atoms with Crippen molar-refractivity contribution in [2.24, 2.45) is 23.7 Å². The van der Waals surface area contributed by atoms with Gasteiger partial charge in [-0.1, -0.05) is 78.4 Å². The predicted octanol–water partition coefficient (Wildman–Crippen LogP) is 4.51. The fourth-order valence-corrected chi connectivity index (χ4v) is 8.03. The number of hydrogen-bond acceptors (Lipinski definition) is 6. The van der Waals surface area contributed by atoms with Crippen LogP contribution in [-0.4, -0.2) is 35.6 Å². The van der Waals surface area contributed by atoms with Gasteiger partial charge < -0.3 is 9.84 Å². The molecule has 210 valence electrons. The van der Waals surface area contributed by atoms with Crippen molar-refractivity contribution in [3.63, 3.8) is 0 Å². The number of hydrogen-bond donors (Lipinski definition) is 2. The maximum atomic E-state index is 14.8. The molecule has 2 amide bonds. The molecule has 1 saturated heterocycles. The van der Waals surface area contributed by atoms with Gasteiger partial charge in [0.15, 0.2) is 23.1 Å². The highest BCUT2D eigenvalue weighted by Gasteiger charge is 2.65. The first-order valence-corrected chi connectivity index (χ1v) is 14.2. The number of nitrogens with one attached hydrogen (secondary N) is 1. The first kappa shape index (κ1) is 26.1. The van der Waals surface area contributed by atoms with E-state index in [0.717, 1.165) is 5.57 Å². The number of allylic oxidation sites excluding steroid dienone is 4. The normalized spacial score (nSPS) is 30.0. The van der Waals surface area contributed by atoms with Crippen molar-refractivity contribution < 1.29 is 29.0 Å². The molecule has 7 rings (SSSR count). The van der Waals surface area contributed by atoms with E-state index in [2.05, 4.69) is 5.32 Å². The van der Waals surface area contributed by atoms with Crippen LogP contribution in [-0.2, 0) is 24.6 Å². The third-order valence-electron chi connectivity index (χ3n) is 9.75. The molecule has 1 saturated carbocycles. The van der Waals surface area contributed by atoms with Gasteiger partial charge in [0.2, 0.25) is 11.8 Å². The third kappa shape index (κ3) is 3.59. The summed E-state index contributed by atoms with van der Waals surface area (Å²) in [6, 6.07) is 23.6. The summed E-state index contributed by atoms with van der Waals surface area (Å²) in [5.41, 5.74) is 1.97. The van der Waals surface area contributed by atoms with Gasteiger partial charge in [0, 0.05) is 17.4 Å². The standard InChI is InChI=1S/C35H29NO6/c1-42-28-16-20(12-15-27(28)37)31-22-13-14-23-30(34(41)36-33(23)40)25(22)17-26-32(39)24(19-8-4-2-5-9-19)18-29(38)35(26,31)21-10-6-3-7-11-21/h2-13,15-16,18,23,25-26,30-31,37H,14,17H2,1H3,(H,36,40,41)/t23-,25+,26-,30-,31-,35-/m0/s1. The number of methoxy groups -OCH3 is 1. The molecule has 42 heavy (non-hydrogen) atoms. The van der Waals surface area contributed by atoms with E-state index in [4.69, 9.17) is 4.74 Å². The lowest BCUT2D eigenvalue weighted by atomic mass is 9.44. The second-order valence-corrected chi connectivity index (χ2v) is 11.6. The van der Waals surface area contributed by atoms with Gasteiger partial charge in [-0.25, -0.2) is 0 Å². The average molecular weight is 560 g/mol. The molecule has 3 aliphatic carbocycles. The number of fused-ring (bicyclic) bond motifs is 4. The smallest absolute Gasteiger partial charge is 0.231 e. The van der Waals surface area contributed by atoms with Gasteiger partial charge in [-0.05, 0) is 53.7 Å². The molecule has 6 atom stereocenters. The molecule has 0 spiro atoms. The molecule has 1 aliphatic heterocycles. The molecular formula is C35H29NO6. The first-order valence-electron chi connectivity index (χ1n) is 14.2. The Morgan fingerprint density at radius 1 is 0.881 bits per heavy atom. The van der Waals surface area contributed by atoms with Crippen molar-refractivity contribution in [1.29, 1.82) is 0 Å². The van der Waals surface area contributed by atoms with Gasteiger partial charge in [0.1, 0.15) is 0 Å². The Hall–Kier alpha value is -4.78. The van der Waals surface area contributed by atoms with E-state index in [-0.39, 0.29) is 41.3 Å². The number of ether oxygens (including phenoxy) is 1. The molecule has 0 aromatic heterocycles. The quantitative estimate of drug-likeness (QED) is 0.360. The number of rotatable bonds is 4. The maximum Gasteiger partial charge on any atom is 0.231 e. The van der Waals surface area contributed by atoms with Crippen molar-refractivity contribution in [2.45, 2.75) is 24.2 Å². The Bertz CT molecular complexity index is 1710. The summed E-state index contributed by atoms with van der Waals surface area (Å²) in [4.78, 5) is 55.5. The molecule has 0 unspecified atom stereocenters. The van der Waals surface area contributed by atoms with Crippen LogP contribution < -0.4 is 10.1 Å². The van der Waals surface area contributed by atoms with Crippen LogP contribution in [0, 0.1) is 23.7 Å². The molecule has 7 nitrogen and oxygen atoms in total. The van der Waals surface area contributed by atoms with Gasteiger partial charge in [-0.3, -0.25) is 24.5 Å². The molecule has 0 bridgehead atoms. The lowest BCUT2D eigenvalue weighted by Crippen LogP contribution is -2.58. The van der Waals surface area contributed by atoms with Crippen LogP contribution in [0.4, 0.5) is 0 Å². The average Bonchev–Trinajstić information content (AvgIpc) is 3.32. The number of carbonyl (C=O) groups is 4. The van der Waals surface area contributed by atoms with Crippen molar-refractivity contribution in [3.8, 4) is 11.5 Å². The maximum absolute atomic E-state index is 14.8. The van der Waals surface area contributed by atoms with Crippen molar-refractivity contribution >= 4 is 29.0 Å². The topological polar surface area (TPSA) is 110 Å². The number of benzene rings is 3. The third-order valence-corrected chi connectivity index (χ3v) is 9.75. The first-order chi connectivity index (χ1) is 20.4. The van der Waals surface area contributed by atoms with Crippen LogP contribution in [0.5, 0.6) is 11.5 Å². The van der Waals surface area contributed by atoms with E-state index >= 15 is 0 Å². The summed E-state index contributed by atoms with van der Waals surface area (Å²) in [7, 11) is 1.46. The van der Waals surface area contributed by atoms with Gasteiger partial charge in [-0.15, -0.1) is 0 Å². The number of aromatic hydroxyl groups is 1. The number of Topliss-reactive ketones (excluding diaryl/α,β-unsaturated/α-hetero) is 1. The summed E-state index contributed by atoms with van der Waals surface area (Å²) < 4.78 is 5.47. The summed E-state index contributed by atoms with van der Waals surface area (Å²) in [6.07, 6.45) is 4.11. The molecule has 2 N–H and O–H groups in total. The van der Waals surface area contributed by atoms with Crippen LogP contribution in [0.3, 0.4) is 0 Å². The number of imide groups is 1. The Morgan fingerprint density at radius 3 is 2.31 bits per heavy atom. The summed E-state index contributed by atoms with van der Waals surface area (Å²) in [6.45, 7) is 0. The Balaban J connectivity index is 1.53. The van der Waals surface area contributed by atoms with Crippen LogP contribution in [0.2, 0.25) is 0 Å². The predicted molar refractivity (Wildman–Crippen MR) is 154 cm³/mol. The highest BCUT2D eigenvalue weighted by molar-refractivity contribution is 6.31. The van der Waals surface area contributed by atoms with E-state index in [1.54, 1.807) is 12.1 Å². The fraction of sp³-hybridized carbons (Fsp3) is 0.257. The monoisotopic (exact) mass is 559 g/mol. The van der Waals surface area contributed by atoms with Crippen molar-refractivity contribution in [3.05, 3.63) is 113 Å². The molecule has 3 aromatic carbocycles. The summed E-state index contributed by atoms with van der Waals surface area (Å²) in [5.74, 6) is -3.78. The second-order valence-electron chi connectivity index (χ2n) is 11.6. The summed E-state index contributed by atoms with van der Waals surface area (Å²) >= 11 is 0. The van der Waals surface area contributed by atoms with Crippen molar-refractivity contribution in [2.75, 3.05) is 7.11 Å². The lowest BCUT2D eigenvalue weighted by molar-refractivity contribution is -0.135. The van der Waals surface area contributed by atoms with Crippen LogP contribution in [0.15, 0.2) is 96.6 Å². The number of phenolic OH excluding ortho intramolecular Hbond substituents is 1. The second kappa shape index (κ2) is 9.65. The summed E-state index contributed by atoms with van der Waals surface area (Å²) in [5, 5.41) is 13.0. The Kier molecular flexibility index (Phi) is 6.01. The molecule has 0 radical (unpaired) electrons. The zero-order chi connectivity index (χ0) is 29.2. The number of ketones is 2. The molecule has 7 heteroatoms. The zero-order valence-electron chi connectivity index (χ0n) is 22.9. The largest absolute Gasteiger partial charge is 0.504 e. The van der Waals surface area contributed by atoms with E-state index < -0.39 is 35.0 Å². The van der Waals surface area contributed by atoms with Crippen LogP contribution in [0.1, 0.15) is 35.4 Å². The fourth-order valence-electron chi connectivity index (χ4n) is 8.03. The van der Waals surface area contributed by atoms with E-state index in [9.17, 15) is 24.3 Å². The lowest BCUT2D eigenvalue weighted by Gasteiger charge is -2.55. The van der Waals surface area contributed by atoms with Gasteiger partial charge in [-0.2, -0.15) is 0 Å². The Morgan fingerprint density at radius 2 is 1.60 bits per heavy atom. The van der Waals surface area contributed by atoms with Gasteiger partial charge in [0.05, 0.1) is 24.4 Å². The van der Waals surface area contributed by atoms with E-state index in [1.807, 2.05) is 66.7 Å². The zero-order valence-corrected chi connectivity index (χ0v) is 22.9. The van der Waals surface area contributed by atoms with Crippen LogP contribution in [0.25, 0.3) is 5.57 Å². The van der Waals surface area contributed by atoms with Gasteiger partial charge >= 0.3 is 0 Å².